The van der Waals surface area contributed by atoms with E-state index in [1.54, 1.807) is 6.07 Å². The van der Waals surface area contributed by atoms with Gasteiger partial charge in [-0.25, -0.2) is 0 Å². The van der Waals surface area contributed by atoms with E-state index in [9.17, 15) is 18.3 Å². The molecule has 3 nitrogen and oxygen atoms in total. The third-order valence-electron chi connectivity index (χ3n) is 2.33. The van der Waals surface area contributed by atoms with Crippen molar-refractivity contribution in [2.24, 2.45) is 0 Å². The van der Waals surface area contributed by atoms with E-state index in [2.05, 4.69) is 4.74 Å². The Morgan fingerprint density at radius 3 is 2.56 bits per heavy atom. The van der Waals surface area contributed by atoms with Crippen molar-refractivity contribution < 1.29 is 27.8 Å². The Morgan fingerprint density at radius 1 is 1.28 bits per heavy atom. The lowest BCUT2D eigenvalue weighted by atomic mass is 10.0. The van der Waals surface area contributed by atoms with E-state index >= 15 is 0 Å². The van der Waals surface area contributed by atoms with E-state index in [4.69, 9.17) is 4.74 Å². The molecule has 0 aliphatic rings. The van der Waals surface area contributed by atoms with Gasteiger partial charge in [0.15, 0.2) is 0 Å². The Kier molecular flexibility index (Phi) is 5.43. The van der Waals surface area contributed by atoms with Crippen molar-refractivity contribution in [1.82, 2.24) is 0 Å². The van der Waals surface area contributed by atoms with Crippen LogP contribution in [0.4, 0.5) is 13.2 Å². The van der Waals surface area contributed by atoms with Crippen LogP contribution in [0.25, 0.3) is 0 Å². The number of hydrogen-bond acceptors (Lipinski definition) is 3. The van der Waals surface area contributed by atoms with Crippen LogP contribution in [-0.2, 0) is 4.74 Å². The molecule has 0 heterocycles. The first-order chi connectivity index (χ1) is 8.44. The summed E-state index contributed by atoms with van der Waals surface area (Å²) in [5, 5.41) is 9.82. The Hall–Kier alpha value is -1.27. The highest BCUT2D eigenvalue weighted by molar-refractivity contribution is 5.35. The second-order valence-corrected chi connectivity index (χ2v) is 3.74. The van der Waals surface area contributed by atoms with Crippen LogP contribution in [0.3, 0.4) is 0 Å². The smallest absolute Gasteiger partial charge is 0.405 e. The average Bonchev–Trinajstić information content (AvgIpc) is 2.27. The lowest BCUT2D eigenvalue weighted by Crippen LogP contribution is -2.18. The summed E-state index contributed by atoms with van der Waals surface area (Å²) in [7, 11) is 1.52. The molecule has 6 heteroatoms. The van der Waals surface area contributed by atoms with E-state index < -0.39 is 12.5 Å². The van der Waals surface area contributed by atoms with Gasteiger partial charge in [-0.15, -0.1) is 13.2 Å². The fraction of sp³-hybridized carbons (Fsp3) is 0.500. The highest BCUT2D eigenvalue weighted by atomic mass is 19.4. The lowest BCUT2D eigenvalue weighted by molar-refractivity contribution is -0.275. The Labute approximate surface area is 103 Å². The quantitative estimate of drug-likeness (QED) is 0.802. The summed E-state index contributed by atoms with van der Waals surface area (Å²) in [6, 6.07) is 5.57. The number of alkyl halides is 3. The van der Waals surface area contributed by atoms with Gasteiger partial charge in [-0.3, -0.25) is 0 Å². The number of benzene rings is 1. The molecule has 0 aliphatic heterocycles. The third-order valence-corrected chi connectivity index (χ3v) is 2.33. The van der Waals surface area contributed by atoms with Crippen molar-refractivity contribution >= 4 is 0 Å². The first-order valence-electron chi connectivity index (χ1n) is 5.45. The summed E-state index contributed by atoms with van der Waals surface area (Å²) in [6.45, 7) is 0.444. The van der Waals surface area contributed by atoms with Crippen LogP contribution in [0.1, 0.15) is 24.5 Å². The SMILES string of the molecule is COCCCC(O)c1ccccc1OC(F)(F)F. The van der Waals surface area contributed by atoms with Gasteiger partial charge in [0.25, 0.3) is 0 Å². The molecule has 102 valence electrons. The van der Waals surface area contributed by atoms with Crippen LogP contribution in [0.2, 0.25) is 0 Å². The minimum absolute atomic E-state index is 0.130. The molecule has 0 fully saturated rings. The second kappa shape index (κ2) is 6.61. The molecule has 0 radical (unpaired) electrons. The van der Waals surface area contributed by atoms with Crippen LogP contribution in [-0.4, -0.2) is 25.2 Å². The zero-order chi connectivity index (χ0) is 13.6. The summed E-state index contributed by atoms with van der Waals surface area (Å²) in [4.78, 5) is 0. The monoisotopic (exact) mass is 264 g/mol. The largest absolute Gasteiger partial charge is 0.573 e. The number of aliphatic hydroxyl groups is 1. The van der Waals surface area contributed by atoms with Crippen LogP contribution >= 0.6 is 0 Å². The normalized spacial score (nSPS) is 13.4. The standard InChI is InChI=1S/C12H15F3O3/c1-17-8-4-6-10(16)9-5-2-3-7-11(9)18-12(13,14)15/h2-3,5,7,10,16H,4,6,8H2,1H3. The summed E-state index contributed by atoms with van der Waals surface area (Å²) >= 11 is 0. The topological polar surface area (TPSA) is 38.7 Å². The summed E-state index contributed by atoms with van der Waals surface area (Å²) in [5.41, 5.74) is 0.130. The Morgan fingerprint density at radius 2 is 1.94 bits per heavy atom. The highest BCUT2D eigenvalue weighted by Crippen LogP contribution is 2.31. The minimum Gasteiger partial charge on any atom is -0.405 e. The Balaban J connectivity index is 2.74. The molecule has 0 spiro atoms. The number of aliphatic hydroxyl groups excluding tert-OH is 1. The number of halogens is 3. The lowest BCUT2D eigenvalue weighted by Gasteiger charge is -2.17. The molecule has 1 unspecified atom stereocenters. The Bertz CT molecular complexity index is 366. The molecule has 18 heavy (non-hydrogen) atoms. The first kappa shape index (κ1) is 14.8. The van der Waals surface area contributed by atoms with Crippen LogP contribution in [0.15, 0.2) is 24.3 Å². The maximum atomic E-state index is 12.2. The van der Waals surface area contributed by atoms with Gasteiger partial charge < -0.3 is 14.6 Å². The molecule has 0 amide bonds. The molecule has 0 aromatic heterocycles. The van der Waals surface area contributed by atoms with Crippen LogP contribution in [0.5, 0.6) is 5.75 Å². The number of ether oxygens (including phenoxy) is 2. The average molecular weight is 264 g/mol. The summed E-state index contributed by atoms with van der Waals surface area (Å²) < 4.78 is 45.2. The fourth-order valence-electron chi connectivity index (χ4n) is 1.55. The molecule has 0 bridgehead atoms. The van der Waals surface area contributed by atoms with Gasteiger partial charge in [-0.1, -0.05) is 18.2 Å². The molecular weight excluding hydrogens is 249 g/mol. The van der Waals surface area contributed by atoms with Crippen molar-refractivity contribution in [2.75, 3.05) is 13.7 Å². The predicted molar refractivity (Wildman–Crippen MR) is 59.2 cm³/mol. The molecule has 1 atom stereocenters. The van der Waals surface area contributed by atoms with E-state index in [-0.39, 0.29) is 11.3 Å². The molecule has 1 rings (SSSR count). The summed E-state index contributed by atoms with van der Waals surface area (Å²) in [5.74, 6) is -0.366. The van der Waals surface area contributed by atoms with Gasteiger partial charge in [-0.2, -0.15) is 0 Å². The molecule has 0 saturated carbocycles. The minimum atomic E-state index is -4.76. The van der Waals surface area contributed by atoms with Crippen molar-refractivity contribution in [1.29, 1.82) is 0 Å². The predicted octanol–water partition coefficient (Wildman–Crippen LogP) is 3.05. The number of hydrogen-bond donors (Lipinski definition) is 1. The van der Waals surface area contributed by atoms with Gasteiger partial charge in [0, 0.05) is 19.3 Å². The maximum absolute atomic E-state index is 12.2. The van der Waals surface area contributed by atoms with E-state index in [1.165, 1.54) is 25.3 Å². The fourth-order valence-corrected chi connectivity index (χ4v) is 1.55. The maximum Gasteiger partial charge on any atom is 0.573 e. The van der Waals surface area contributed by atoms with Gasteiger partial charge in [0.1, 0.15) is 5.75 Å². The summed E-state index contributed by atoms with van der Waals surface area (Å²) in [6.07, 6.45) is -4.90. The molecular formula is C12H15F3O3. The van der Waals surface area contributed by atoms with Crippen molar-refractivity contribution in [3.63, 3.8) is 0 Å². The van der Waals surface area contributed by atoms with Crippen molar-refractivity contribution in [2.45, 2.75) is 25.3 Å². The number of rotatable bonds is 6. The highest BCUT2D eigenvalue weighted by Gasteiger charge is 2.32. The molecule has 1 aromatic rings. The van der Waals surface area contributed by atoms with Crippen molar-refractivity contribution in [3.05, 3.63) is 29.8 Å². The van der Waals surface area contributed by atoms with Crippen LogP contribution in [0, 0.1) is 0 Å². The second-order valence-electron chi connectivity index (χ2n) is 3.74. The van der Waals surface area contributed by atoms with E-state index in [0.717, 1.165) is 0 Å². The zero-order valence-corrected chi connectivity index (χ0v) is 9.91. The molecule has 1 aromatic carbocycles. The molecule has 1 N–H and O–H groups in total. The zero-order valence-electron chi connectivity index (χ0n) is 9.91. The van der Waals surface area contributed by atoms with Crippen LogP contribution < -0.4 is 4.74 Å². The van der Waals surface area contributed by atoms with E-state index in [0.29, 0.717) is 19.4 Å². The number of methoxy groups -OCH3 is 1. The third kappa shape index (κ3) is 4.93. The molecule has 0 aliphatic carbocycles. The molecule has 0 saturated heterocycles. The van der Waals surface area contributed by atoms with Gasteiger partial charge in [0.05, 0.1) is 6.10 Å². The van der Waals surface area contributed by atoms with Gasteiger partial charge in [-0.05, 0) is 18.9 Å². The number of para-hydroxylation sites is 1. The van der Waals surface area contributed by atoms with E-state index in [1.807, 2.05) is 0 Å². The van der Waals surface area contributed by atoms with Crippen molar-refractivity contribution in [3.8, 4) is 5.75 Å². The van der Waals surface area contributed by atoms with Gasteiger partial charge >= 0.3 is 6.36 Å². The van der Waals surface area contributed by atoms with Gasteiger partial charge in [0.2, 0.25) is 0 Å². The first-order valence-corrected chi connectivity index (χ1v) is 5.45.